The summed E-state index contributed by atoms with van der Waals surface area (Å²) < 4.78 is 1.92. The van der Waals surface area contributed by atoms with Gasteiger partial charge >= 0.3 is 5.69 Å². The lowest BCUT2D eigenvalue weighted by molar-refractivity contribution is 0.0946. The lowest BCUT2D eigenvalue weighted by Crippen LogP contribution is -2.41. The van der Waals surface area contributed by atoms with Crippen molar-refractivity contribution < 1.29 is 4.79 Å². The van der Waals surface area contributed by atoms with Gasteiger partial charge in [0.05, 0.1) is 11.0 Å². The third-order valence-electron chi connectivity index (χ3n) is 8.25. The highest BCUT2D eigenvalue weighted by atomic mass is 16.2. The average Bonchev–Trinajstić information content (AvgIpc) is 3.32. The maximum Gasteiger partial charge on any atom is 0.326 e. The second kappa shape index (κ2) is 9.71. The van der Waals surface area contributed by atoms with Crippen molar-refractivity contribution in [1.29, 1.82) is 0 Å². The lowest BCUT2D eigenvalue weighted by atomic mass is 9.93. The molecule has 39 heavy (non-hydrogen) atoms. The van der Waals surface area contributed by atoms with E-state index in [1.165, 1.54) is 5.39 Å². The quantitative estimate of drug-likeness (QED) is 0.283. The van der Waals surface area contributed by atoms with Crippen LogP contribution in [0.1, 0.15) is 29.2 Å². The van der Waals surface area contributed by atoms with E-state index in [1.54, 1.807) is 0 Å². The van der Waals surface area contributed by atoms with Crippen LogP contribution in [-0.4, -0.2) is 46.5 Å². The molecule has 2 heterocycles. The number of para-hydroxylation sites is 2. The first kappa shape index (κ1) is 23.7. The number of H-pyrrole nitrogens is 1. The summed E-state index contributed by atoms with van der Waals surface area (Å²) in [5, 5.41) is 9.87. The maximum absolute atomic E-state index is 13.5. The molecule has 6 aromatic rings. The Labute approximate surface area is 225 Å². The summed E-state index contributed by atoms with van der Waals surface area (Å²) in [6.07, 6.45) is 1.83. The van der Waals surface area contributed by atoms with E-state index in [1.807, 2.05) is 41.0 Å². The topological polar surface area (TPSA) is 70.1 Å². The molecule has 1 aliphatic rings. The number of nitrogens with zero attached hydrogens (tertiary/aromatic N) is 2. The van der Waals surface area contributed by atoms with Gasteiger partial charge < -0.3 is 15.2 Å². The third-order valence-corrected chi connectivity index (χ3v) is 8.25. The Morgan fingerprint density at radius 2 is 1.51 bits per heavy atom. The number of aromatic amines is 1. The number of carbonyl (C=O) groups excluding carboxylic acids is 1. The van der Waals surface area contributed by atoms with Crippen LogP contribution < -0.4 is 11.0 Å². The molecule has 0 unspecified atom stereocenters. The Bertz CT molecular complexity index is 1890. The standard InChI is InChI=1S/C33H30N4O2/c38-32(28-21-23-8-2-4-10-26(23)31-25-9-3-1-7-22(25)13-14-27(28)31)34-17-20-36-18-15-24(16-19-36)37-30-12-6-5-11-29(30)35-33(37)39/h1-14,21,24H,15-20H2,(H,34,38)(H,35,39). The molecule has 1 amide bonds. The molecule has 0 spiro atoms. The van der Waals surface area contributed by atoms with Crippen molar-refractivity contribution in [2.24, 2.45) is 0 Å². The van der Waals surface area contributed by atoms with E-state index in [0.717, 1.165) is 70.4 Å². The van der Waals surface area contributed by atoms with Crippen LogP contribution in [0, 0.1) is 0 Å². The largest absolute Gasteiger partial charge is 0.351 e. The molecule has 1 aromatic heterocycles. The molecule has 1 saturated heterocycles. The average molecular weight is 515 g/mol. The Hall–Kier alpha value is -4.42. The fourth-order valence-electron chi connectivity index (χ4n) is 6.32. The third kappa shape index (κ3) is 4.17. The number of aromatic nitrogens is 2. The SMILES string of the molecule is O=C(NCCN1CCC(n2c(=O)[nH]c3ccccc32)CC1)c1cc2ccccc2c2c1ccc1ccccc12. The molecule has 1 aliphatic heterocycles. The van der Waals surface area contributed by atoms with Crippen LogP contribution in [0.4, 0.5) is 0 Å². The number of hydrogen-bond acceptors (Lipinski definition) is 3. The van der Waals surface area contributed by atoms with Crippen molar-refractivity contribution in [3.8, 4) is 0 Å². The smallest absolute Gasteiger partial charge is 0.326 e. The van der Waals surface area contributed by atoms with Crippen LogP contribution >= 0.6 is 0 Å². The van der Waals surface area contributed by atoms with E-state index >= 15 is 0 Å². The monoisotopic (exact) mass is 514 g/mol. The number of benzene rings is 5. The predicted octanol–water partition coefficient (Wildman–Crippen LogP) is 5.86. The molecule has 5 aromatic carbocycles. The fourth-order valence-corrected chi connectivity index (χ4v) is 6.32. The highest BCUT2D eigenvalue weighted by Crippen LogP contribution is 2.34. The van der Waals surface area contributed by atoms with Gasteiger partial charge in [0.25, 0.3) is 5.91 Å². The highest BCUT2D eigenvalue weighted by molar-refractivity contribution is 6.25. The summed E-state index contributed by atoms with van der Waals surface area (Å²) in [7, 11) is 0. The number of carbonyl (C=O) groups is 1. The minimum atomic E-state index is -0.0405. The Morgan fingerprint density at radius 3 is 2.33 bits per heavy atom. The summed E-state index contributed by atoms with van der Waals surface area (Å²) in [6.45, 7) is 3.17. The van der Waals surface area contributed by atoms with Crippen molar-refractivity contribution in [1.82, 2.24) is 19.8 Å². The number of hydrogen-bond donors (Lipinski definition) is 2. The van der Waals surface area contributed by atoms with Crippen molar-refractivity contribution in [3.05, 3.63) is 107 Å². The number of likely N-dealkylation sites (tertiary alicyclic amines) is 1. The molecule has 6 heteroatoms. The van der Waals surface area contributed by atoms with Gasteiger partial charge in [-0.25, -0.2) is 4.79 Å². The molecular weight excluding hydrogens is 484 g/mol. The maximum atomic E-state index is 13.5. The van der Waals surface area contributed by atoms with E-state index in [2.05, 4.69) is 69.8 Å². The lowest BCUT2D eigenvalue weighted by Gasteiger charge is -2.32. The van der Waals surface area contributed by atoms with Crippen molar-refractivity contribution >= 4 is 49.3 Å². The molecule has 0 saturated carbocycles. The minimum Gasteiger partial charge on any atom is -0.351 e. The van der Waals surface area contributed by atoms with E-state index in [-0.39, 0.29) is 17.6 Å². The molecule has 0 radical (unpaired) electrons. The number of imidazole rings is 1. The van der Waals surface area contributed by atoms with Crippen molar-refractivity contribution in [3.63, 3.8) is 0 Å². The fraction of sp³-hybridized carbons (Fsp3) is 0.212. The second-order valence-electron chi connectivity index (χ2n) is 10.5. The van der Waals surface area contributed by atoms with Crippen LogP contribution in [0.15, 0.2) is 95.8 Å². The van der Waals surface area contributed by atoms with E-state index in [0.29, 0.717) is 12.1 Å². The zero-order valence-electron chi connectivity index (χ0n) is 21.7. The van der Waals surface area contributed by atoms with Crippen LogP contribution in [0.5, 0.6) is 0 Å². The number of amides is 1. The second-order valence-corrected chi connectivity index (χ2v) is 10.5. The Morgan fingerprint density at radius 1 is 0.821 bits per heavy atom. The van der Waals surface area contributed by atoms with Gasteiger partial charge in [-0.3, -0.25) is 9.36 Å². The van der Waals surface area contributed by atoms with Crippen molar-refractivity contribution in [2.75, 3.05) is 26.2 Å². The molecule has 194 valence electrons. The number of nitrogens with one attached hydrogen (secondary N) is 2. The van der Waals surface area contributed by atoms with Gasteiger partial charge in [0.1, 0.15) is 0 Å². The minimum absolute atomic E-state index is 0.0303. The van der Waals surface area contributed by atoms with Crippen LogP contribution in [0.2, 0.25) is 0 Å². The van der Waals surface area contributed by atoms with E-state index in [9.17, 15) is 9.59 Å². The summed E-state index contributed by atoms with van der Waals surface area (Å²) in [4.78, 5) is 31.4. The molecule has 7 rings (SSSR count). The zero-order valence-corrected chi connectivity index (χ0v) is 21.7. The molecule has 1 fully saturated rings. The van der Waals surface area contributed by atoms with Crippen molar-refractivity contribution in [2.45, 2.75) is 18.9 Å². The van der Waals surface area contributed by atoms with Gasteiger partial charge in [-0.05, 0) is 63.4 Å². The summed E-state index contributed by atoms with van der Waals surface area (Å²) in [5.74, 6) is -0.0405. The van der Waals surface area contributed by atoms with E-state index in [4.69, 9.17) is 0 Å². The molecule has 0 bridgehead atoms. The molecule has 6 nitrogen and oxygen atoms in total. The number of piperidine rings is 1. The number of rotatable bonds is 5. The van der Waals surface area contributed by atoms with Crippen LogP contribution in [-0.2, 0) is 0 Å². The Kier molecular flexibility index (Phi) is 5.90. The normalized spacial score (nSPS) is 15.0. The number of fused-ring (bicyclic) bond motifs is 6. The highest BCUT2D eigenvalue weighted by Gasteiger charge is 2.23. The van der Waals surface area contributed by atoms with E-state index < -0.39 is 0 Å². The molecule has 2 N–H and O–H groups in total. The van der Waals surface area contributed by atoms with Gasteiger partial charge in [-0.1, -0.05) is 72.8 Å². The Balaban J connectivity index is 1.06. The summed E-state index contributed by atoms with van der Waals surface area (Å²) in [6, 6.07) is 30.9. The first-order valence-corrected chi connectivity index (χ1v) is 13.7. The van der Waals surface area contributed by atoms with Gasteiger partial charge in [0.15, 0.2) is 0 Å². The predicted molar refractivity (Wildman–Crippen MR) is 159 cm³/mol. The van der Waals surface area contributed by atoms with Gasteiger partial charge in [-0.15, -0.1) is 0 Å². The van der Waals surface area contributed by atoms with Gasteiger partial charge in [-0.2, -0.15) is 0 Å². The first-order valence-electron chi connectivity index (χ1n) is 13.7. The van der Waals surface area contributed by atoms with Crippen LogP contribution in [0.25, 0.3) is 43.4 Å². The molecule has 0 aliphatic carbocycles. The van der Waals surface area contributed by atoms with Gasteiger partial charge in [0.2, 0.25) is 0 Å². The summed E-state index contributed by atoms with van der Waals surface area (Å²) >= 11 is 0. The van der Waals surface area contributed by atoms with Gasteiger partial charge in [0, 0.05) is 37.8 Å². The first-order chi connectivity index (χ1) is 19.2. The zero-order chi connectivity index (χ0) is 26.3. The van der Waals surface area contributed by atoms with Crippen LogP contribution in [0.3, 0.4) is 0 Å². The molecular formula is C33H30N4O2. The molecule has 0 atom stereocenters. The summed E-state index contributed by atoms with van der Waals surface area (Å²) in [5.41, 5.74) is 2.55.